The number of aliphatic hydroxyl groups excluding tert-OH is 1. The number of phenolic OH excluding ortho intramolecular Hbond substituents is 1. The number of carbonyl (C=O) groups excluding carboxylic acids is 2. The predicted molar refractivity (Wildman–Crippen MR) is 118 cm³/mol. The normalized spacial score (nSPS) is 16.0. The van der Waals surface area contributed by atoms with Crippen LogP contribution < -0.4 is 9.47 Å². The first-order chi connectivity index (χ1) is 15.9. The molecule has 2 heterocycles. The highest BCUT2D eigenvalue weighted by Gasteiger charge is 2.44. The van der Waals surface area contributed by atoms with Gasteiger partial charge in [-0.1, -0.05) is 18.2 Å². The zero-order valence-corrected chi connectivity index (χ0v) is 18.3. The van der Waals surface area contributed by atoms with Gasteiger partial charge in [-0.25, -0.2) is 0 Å². The van der Waals surface area contributed by atoms with Crippen LogP contribution >= 0.6 is 0 Å². The van der Waals surface area contributed by atoms with Crippen molar-refractivity contribution >= 4 is 22.7 Å². The van der Waals surface area contributed by atoms with E-state index >= 15 is 0 Å². The average molecular weight is 453 g/mol. The number of nitrogens with zero attached hydrogens (tertiary/aromatic N) is 1. The van der Waals surface area contributed by atoms with E-state index in [1.807, 2.05) is 0 Å². The third-order valence-electron chi connectivity index (χ3n) is 5.55. The molecule has 0 saturated carbocycles. The van der Waals surface area contributed by atoms with Gasteiger partial charge in [-0.2, -0.15) is 0 Å². The fraction of sp³-hybridized carbons (Fsp3) is 0.250. The topological polar surface area (TPSA) is 119 Å². The molecule has 0 spiro atoms. The van der Waals surface area contributed by atoms with Crippen molar-refractivity contribution in [1.82, 2.24) is 4.90 Å². The second kappa shape index (κ2) is 8.87. The van der Waals surface area contributed by atoms with Gasteiger partial charge in [0.1, 0.15) is 0 Å². The Hall–Kier alpha value is -3.98. The largest absolute Gasteiger partial charge is 0.504 e. The van der Waals surface area contributed by atoms with Gasteiger partial charge in [0.05, 0.1) is 32.4 Å². The molecule has 1 unspecified atom stereocenters. The molecule has 0 aliphatic carbocycles. The number of fused-ring (bicyclic) bond motifs is 1. The lowest BCUT2D eigenvalue weighted by Crippen LogP contribution is -2.34. The van der Waals surface area contributed by atoms with Crippen molar-refractivity contribution in [3.8, 4) is 17.2 Å². The summed E-state index contributed by atoms with van der Waals surface area (Å²) in [4.78, 5) is 27.7. The molecule has 172 valence electrons. The molecule has 4 rings (SSSR count). The second-order valence-electron chi connectivity index (χ2n) is 7.41. The number of carbonyl (C=O) groups is 2. The highest BCUT2D eigenvalue weighted by Crippen LogP contribution is 2.42. The van der Waals surface area contributed by atoms with Gasteiger partial charge in [0.25, 0.3) is 5.91 Å². The number of ketones is 1. The maximum absolute atomic E-state index is 13.5. The van der Waals surface area contributed by atoms with Crippen LogP contribution in [0, 0.1) is 0 Å². The minimum absolute atomic E-state index is 0.0554. The molecule has 2 N–H and O–H groups in total. The van der Waals surface area contributed by atoms with E-state index in [-0.39, 0.29) is 36.0 Å². The van der Waals surface area contributed by atoms with Crippen molar-refractivity contribution in [3.05, 3.63) is 65.1 Å². The second-order valence-corrected chi connectivity index (χ2v) is 7.41. The number of hydrogen-bond acceptors (Lipinski definition) is 8. The van der Waals surface area contributed by atoms with E-state index in [0.717, 1.165) is 0 Å². The lowest BCUT2D eigenvalue weighted by atomic mass is 9.94. The van der Waals surface area contributed by atoms with Gasteiger partial charge in [0.2, 0.25) is 5.78 Å². The van der Waals surface area contributed by atoms with Crippen LogP contribution in [0.5, 0.6) is 17.2 Å². The number of ether oxygens (including phenoxy) is 3. The van der Waals surface area contributed by atoms with Crippen LogP contribution in [0.4, 0.5) is 0 Å². The number of furan rings is 1. The third kappa shape index (κ3) is 3.76. The number of para-hydroxylation sites is 1. The van der Waals surface area contributed by atoms with Gasteiger partial charge in [-0.3, -0.25) is 9.59 Å². The number of rotatable bonds is 8. The molecular weight excluding hydrogens is 430 g/mol. The Kier molecular flexibility index (Phi) is 5.97. The zero-order chi connectivity index (χ0) is 23.7. The van der Waals surface area contributed by atoms with Gasteiger partial charge in [-0.15, -0.1) is 0 Å². The molecule has 2 aromatic carbocycles. The van der Waals surface area contributed by atoms with E-state index in [9.17, 15) is 19.8 Å². The Morgan fingerprint density at radius 3 is 2.48 bits per heavy atom. The molecule has 9 heteroatoms. The number of amides is 1. The fourth-order valence-corrected chi connectivity index (χ4v) is 3.97. The average Bonchev–Trinajstić information content (AvgIpc) is 3.36. The number of Topliss-reactive ketones (excluding diaryl/α,β-unsaturated/α-hetero) is 1. The standard InChI is InChI=1S/C24H23NO8/c1-30-10-9-25-20(13-7-8-16(31-2)15(26)11-13)19(22(28)24(25)29)21(27)18-12-14-5-4-6-17(32-3)23(14)33-18/h4-8,11-12,20,26,28H,9-10H2,1-3H3. The molecule has 1 aliphatic heterocycles. The van der Waals surface area contributed by atoms with Crippen molar-refractivity contribution in [3.63, 3.8) is 0 Å². The summed E-state index contributed by atoms with van der Waals surface area (Å²) in [6, 6.07) is 10.3. The van der Waals surface area contributed by atoms with E-state index in [1.165, 1.54) is 44.4 Å². The maximum Gasteiger partial charge on any atom is 0.290 e. The van der Waals surface area contributed by atoms with Crippen molar-refractivity contribution < 1.29 is 38.4 Å². The van der Waals surface area contributed by atoms with Crippen LogP contribution in [-0.2, 0) is 9.53 Å². The number of hydrogen-bond donors (Lipinski definition) is 2. The summed E-state index contributed by atoms with van der Waals surface area (Å²) >= 11 is 0. The minimum Gasteiger partial charge on any atom is -0.504 e. The highest BCUT2D eigenvalue weighted by atomic mass is 16.5. The van der Waals surface area contributed by atoms with Crippen molar-refractivity contribution in [1.29, 1.82) is 0 Å². The Labute approximate surface area is 189 Å². The molecule has 33 heavy (non-hydrogen) atoms. The van der Waals surface area contributed by atoms with E-state index < -0.39 is 23.5 Å². The summed E-state index contributed by atoms with van der Waals surface area (Å²) in [5, 5.41) is 21.6. The van der Waals surface area contributed by atoms with E-state index in [0.29, 0.717) is 22.3 Å². The summed E-state index contributed by atoms with van der Waals surface area (Å²) < 4.78 is 21.2. The number of phenols is 1. The summed E-state index contributed by atoms with van der Waals surface area (Å²) in [5.41, 5.74) is 0.639. The Balaban J connectivity index is 1.82. The Morgan fingerprint density at radius 2 is 1.82 bits per heavy atom. The first kappa shape index (κ1) is 22.2. The van der Waals surface area contributed by atoms with Crippen LogP contribution in [0.3, 0.4) is 0 Å². The molecule has 9 nitrogen and oxygen atoms in total. The maximum atomic E-state index is 13.5. The number of aromatic hydroxyl groups is 1. The van der Waals surface area contributed by atoms with E-state index in [4.69, 9.17) is 18.6 Å². The van der Waals surface area contributed by atoms with Crippen molar-refractivity contribution in [2.75, 3.05) is 34.5 Å². The summed E-state index contributed by atoms with van der Waals surface area (Å²) in [6.07, 6.45) is 0. The van der Waals surface area contributed by atoms with E-state index in [2.05, 4.69) is 0 Å². The molecule has 3 aromatic rings. The summed E-state index contributed by atoms with van der Waals surface area (Å²) in [5.74, 6) is -1.59. The molecule has 1 amide bonds. The van der Waals surface area contributed by atoms with Gasteiger partial charge in [-0.05, 0) is 29.8 Å². The number of aliphatic hydroxyl groups is 1. The SMILES string of the molecule is COCCN1C(=O)C(O)=C(C(=O)c2cc3cccc(OC)c3o2)C1c1ccc(OC)c(O)c1. The summed E-state index contributed by atoms with van der Waals surface area (Å²) in [6.45, 7) is 0.294. The fourth-order valence-electron chi connectivity index (χ4n) is 3.97. The molecule has 1 aliphatic rings. The number of methoxy groups -OCH3 is 3. The molecule has 0 fully saturated rings. The lowest BCUT2D eigenvalue weighted by Gasteiger charge is -2.26. The molecule has 1 atom stereocenters. The predicted octanol–water partition coefficient (Wildman–Crippen LogP) is 3.38. The number of benzene rings is 2. The third-order valence-corrected chi connectivity index (χ3v) is 5.55. The minimum atomic E-state index is -0.966. The first-order valence-electron chi connectivity index (χ1n) is 10.1. The van der Waals surface area contributed by atoms with Crippen LogP contribution in [-0.4, -0.2) is 61.3 Å². The lowest BCUT2D eigenvalue weighted by molar-refractivity contribution is -0.130. The van der Waals surface area contributed by atoms with Crippen molar-refractivity contribution in [2.24, 2.45) is 0 Å². The van der Waals surface area contributed by atoms with Crippen LogP contribution in [0.2, 0.25) is 0 Å². The summed E-state index contributed by atoms with van der Waals surface area (Å²) in [7, 11) is 4.38. The van der Waals surface area contributed by atoms with Gasteiger partial charge >= 0.3 is 0 Å². The highest BCUT2D eigenvalue weighted by molar-refractivity contribution is 6.16. The molecule has 0 bridgehead atoms. The van der Waals surface area contributed by atoms with Crippen molar-refractivity contribution in [2.45, 2.75) is 6.04 Å². The van der Waals surface area contributed by atoms with E-state index in [1.54, 1.807) is 24.3 Å². The molecular formula is C24H23NO8. The van der Waals surface area contributed by atoms with Gasteiger partial charge in [0, 0.05) is 19.0 Å². The monoisotopic (exact) mass is 453 g/mol. The first-order valence-corrected chi connectivity index (χ1v) is 10.1. The molecule has 1 aromatic heterocycles. The smallest absolute Gasteiger partial charge is 0.290 e. The Morgan fingerprint density at radius 1 is 1.06 bits per heavy atom. The van der Waals surface area contributed by atoms with Gasteiger partial charge in [0.15, 0.2) is 34.4 Å². The van der Waals surface area contributed by atoms with Crippen LogP contribution in [0.1, 0.15) is 22.2 Å². The molecule has 0 saturated heterocycles. The molecule has 0 radical (unpaired) electrons. The quantitative estimate of drug-likeness (QED) is 0.499. The van der Waals surface area contributed by atoms with Gasteiger partial charge < -0.3 is 33.7 Å². The zero-order valence-electron chi connectivity index (χ0n) is 18.3. The Bertz CT molecular complexity index is 1260. The van der Waals surface area contributed by atoms with Crippen LogP contribution in [0.15, 0.2) is 58.2 Å². The van der Waals surface area contributed by atoms with Crippen LogP contribution in [0.25, 0.3) is 11.0 Å².